The molecule has 1 fully saturated rings. The predicted molar refractivity (Wildman–Crippen MR) is 102 cm³/mol. The standard InChI is InChI=1S/C23H22FNO/c24-21-12-10-18(11-13-21)17-26-22-9-4-8-20(16-22)23(25-14-5-15-25)19-6-2-1-3-7-19/h1-4,6-13,16,23H,5,14-15,17H2. The fourth-order valence-corrected chi connectivity index (χ4v) is 3.37. The Morgan fingerprint density at radius 3 is 2.27 bits per heavy atom. The van der Waals surface area contributed by atoms with Gasteiger partial charge in [0.2, 0.25) is 0 Å². The van der Waals surface area contributed by atoms with Crippen LogP contribution in [0, 0.1) is 5.82 Å². The van der Waals surface area contributed by atoms with Gasteiger partial charge in [-0.05, 0) is 47.4 Å². The maximum Gasteiger partial charge on any atom is 0.123 e. The highest BCUT2D eigenvalue weighted by atomic mass is 19.1. The first-order valence-corrected chi connectivity index (χ1v) is 9.06. The quantitative estimate of drug-likeness (QED) is 0.608. The molecule has 0 spiro atoms. The van der Waals surface area contributed by atoms with Crippen molar-refractivity contribution in [1.29, 1.82) is 0 Å². The molecular formula is C23H22FNO. The van der Waals surface area contributed by atoms with Crippen molar-refractivity contribution in [2.24, 2.45) is 0 Å². The third kappa shape index (κ3) is 3.78. The van der Waals surface area contributed by atoms with E-state index in [2.05, 4.69) is 47.4 Å². The predicted octanol–water partition coefficient (Wildman–Crippen LogP) is 5.20. The van der Waals surface area contributed by atoms with Crippen LogP contribution < -0.4 is 4.74 Å². The largest absolute Gasteiger partial charge is 0.489 e. The van der Waals surface area contributed by atoms with Crippen LogP contribution in [0.4, 0.5) is 4.39 Å². The summed E-state index contributed by atoms with van der Waals surface area (Å²) >= 11 is 0. The molecule has 1 saturated heterocycles. The Hall–Kier alpha value is -2.65. The van der Waals surface area contributed by atoms with E-state index >= 15 is 0 Å². The zero-order valence-electron chi connectivity index (χ0n) is 14.6. The molecule has 0 bridgehead atoms. The summed E-state index contributed by atoms with van der Waals surface area (Å²) in [5.74, 6) is 0.615. The molecule has 26 heavy (non-hydrogen) atoms. The molecule has 0 aromatic heterocycles. The Morgan fingerprint density at radius 1 is 0.846 bits per heavy atom. The SMILES string of the molecule is Fc1ccc(COc2cccc(C(c3ccccc3)N3CCC3)c2)cc1. The van der Waals surface area contributed by atoms with Gasteiger partial charge < -0.3 is 4.74 Å². The molecule has 4 rings (SSSR count). The minimum atomic E-state index is -0.226. The van der Waals surface area contributed by atoms with E-state index in [4.69, 9.17) is 4.74 Å². The molecule has 1 atom stereocenters. The summed E-state index contributed by atoms with van der Waals surface area (Å²) in [5.41, 5.74) is 3.51. The van der Waals surface area contributed by atoms with Crippen LogP contribution in [0.1, 0.15) is 29.2 Å². The molecular weight excluding hydrogens is 325 g/mol. The fourth-order valence-electron chi connectivity index (χ4n) is 3.37. The number of benzene rings is 3. The molecule has 2 nitrogen and oxygen atoms in total. The van der Waals surface area contributed by atoms with E-state index in [0.717, 1.165) is 24.4 Å². The summed E-state index contributed by atoms with van der Waals surface area (Å²) in [5, 5.41) is 0. The second kappa shape index (κ2) is 7.71. The van der Waals surface area contributed by atoms with Crippen LogP contribution in [0.25, 0.3) is 0 Å². The van der Waals surface area contributed by atoms with Crippen LogP contribution in [0.3, 0.4) is 0 Å². The summed E-state index contributed by atoms with van der Waals surface area (Å²) in [6, 6.07) is 25.6. The molecule has 1 aliphatic heterocycles. The molecule has 0 N–H and O–H groups in total. The second-order valence-electron chi connectivity index (χ2n) is 6.69. The monoisotopic (exact) mass is 347 g/mol. The zero-order valence-corrected chi connectivity index (χ0v) is 14.6. The van der Waals surface area contributed by atoms with E-state index in [0.29, 0.717) is 6.61 Å². The topological polar surface area (TPSA) is 12.5 Å². The lowest BCUT2D eigenvalue weighted by molar-refractivity contribution is 0.140. The summed E-state index contributed by atoms with van der Waals surface area (Å²) < 4.78 is 19.0. The Bertz CT molecular complexity index is 844. The van der Waals surface area contributed by atoms with Crippen molar-refractivity contribution in [3.8, 4) is 5.75 Å². The van der Waals surface area contributed by atoms with E-state index < -0.39 is 0 Å². The molecule has 0 aliphatic carbocycles. The number of likely N-dealkylation sites (tertiary alicyclic amines) is 1. The summed E-state index contributed by atoms with van der Waals surface area (Å²) in [4.78, 5) is 2.49. The highest BCUT2D eigenvalue weighted by Crippen LogP contribution is 2.33. The summed E-state index contributed by atoms with van der Waals surface area (Å²) in [7, 11) is 0. The lowest BCUT2D eigenvalue weighted by atomic mass is 9.94. The number of nitrogens with zero attached hydrogens (tertiary/aromatic N) is 1. The molecule has 3 aromatic rings. The van der Waals surface area contributed by atoms with Crippen LogP contribution in [0.5, 0.6) is 5.75 Å². The van der Waals surface area contributed by atoms with E-state index in [1.165, 1.54) is 29.7 Å². The Morgan fingerprint density at radius 2 is 1.58 bits per heavy atom. The second-order valence-corrected chi connectivity index (χ2v) is 6.69. The first-order chi connectivity index (χ1) is 12.8. The number of ether oxygens (including phenoxy) is 1. The van der Waals surface area contributed by atoms with Gasteiger partial charge in [-0.2, -0.15) is 0 Å². The Balaban J connectivity index is 1.54. The van der Waals surface area contributed by atoms with Gasteiger partial charge in [-0.1, -0.05) is 54.6 Å². The number of halogens is 1. The molecule has 0 saturated carbocycles. The van der Waals surface area contributed by atoms with Crippen LogP contribution in [0.2, 0.25) is 0 Å². The number of rotatable bonds is 6. The third-order valence-corrected chi connectivity index (χ3v) is 4.86. The van der Waals surface area contributed by atoms with Crippen LogP contribution >= 0.6 is 0 Å². The number of hydrogen-bond acceptors (Lipinski definition) is 2. The van der Waals surface area contributed by atoms with E-state index in [1.54, 1.807) is 12.1 Å². The van der Waals surface area contributed by atoms with Crippen molar-refractivity contribution < 1.29 is 9.13 Å². The Kier molecular flexibility index (Phi) is 4.98. The smallest absolute Gasteiger partial charge is 0.123 e. The summed E-state index contributed by atoms with van der Waals surface area (Å²) in [6.07, 6.45) is 1.25. The molecule has 1 unspecified atom stereocenters. The van der Waals surface area contributed by atoms with Crippen molar-refractivity contribution in [3.63, 3.8) is 0 Å². The maximum absolute atomic E-state index is 13.0. The minimum absolute atomic E-state index is 0.226. The third-order valence-electron chi connectivity index (χ3n) is 4.86. The van der Waals surface area contributed by atoms with E-state index in [-0.39, 0.29) is 11.9 Å². The fraction of sp³-hybridized carbons (Fsp3) is 0.217. The van der Waals surface area contributed by atoms with Crippen LogP contribution in [-0.2, 0) is 6.61 Å². The number of hydrogen-bond donors (Lipinski definition) is 0. The van der Waals surface area contributed by atoms with Gasteiger partial charge in [0.05, 0.1) is 6.04 Å². The van der Waals surface area contributed by atoms with Crippen LogP contribution in [0.15, 0.2) is 78.9 Å². The van der Waals surface area contributed by atoms with Gasteiger partial charge in [0.1, 0.15) is 18.2 Å². The molecule has 3 heteroatoms. The zero-order chi connectivity index (χ0) is 17.8. The van der Waals surface area contributed by atoms with Gasteiger partial charge in [0.25, 0.3) is 0 Å². The molecule has 0 amide bonds. The lowest BCUT2D eigenvalue weighted by Gasteiger charge is -2.39. The highest BCUT2D eigenvalue weighted by molar-refractivity contribution is 5.37. The van der Waals surface area contributed by atoms with Gasteiger partial charge >= 0.3 is 0 Å². The molecule has 132 valence electrons. The van der Waals surface area contributed by atoms with Crippen LogP contribution in [-0.4, -0.2) is 18.0 Å². The lowest BCUT2D eigenvalue weighted by Crippen LogP contribution is -2.40. The van der Waals surface area contributed by atoms with Crippen molar-refractivity contribution in [3.05, 3.63) is 101 Å². The first kappa shape index (κ1) is 16.8. The van der Waals surface area contributed by atoms with E-state index in [9.17, 15) is 4.39 Å². The van der Waals surface area contributed by atoms with Gasteiger partial charge in [-0.25, -0.2) is 4.39 Å². The maximum atomic E-state index is 13.0. The van der Waals surface area contributed by atoms with Crippen molar-refractivity contribution in [2.75, 3.05) is 13.1 Å². The molecule has 3 aromatic carbocycles. The van der Waals surface area contributed by atoms with Crippen molar-refractivity contribution >= 4 is 0 Å². The minimum Gasteiger partial charge on any atom is -0.489 e. The van der Waals surface area contributed by atoms with Gasteiger partial charge in [-0.3, -0.25) is 4.90 Å². The van der Waals surface area contributed by atoms with E-state index in [1.807, 2.05) is 12.1 Å². The average Bonchev–Trinajstić information content (AvgIpc) is 2.65. The molecule has 0 radical (unpaired) electrons. The highest BCUT2D eigenvalue weighted by Gasteiger charge is 2.26. The van der Waals surface area contributed by atoms with Crippen molar-refractivity contribution in [2.45, 2.75) is 19.1 Å². The normalized spacial score (nSPS) is 15.3. The molecule has 1 aliphatic rings. The molecule has 1 heterocycles. The average molecular weight is 347 g/mol. The van der Waals surface area contributed by atoms with Gasteiger partial charge in [0, 0.05) is 13.1 Å². The van der Waals surface area contributed by atoms with Crippen molar-refractivity contribution in [1.82, 2.24) is 4.90 Å². The summed E-state index contributed by atoms with van der Waals surface area (Å²) in [6.45, 7) is 2.68. The van der Waals surface area contributed by atoms with Gasteiger partial charge in [-0.15, -0.1) is 0 Å². The van der Waals surface area contributed by atoms with Gasteiger partial charge in [0.15, 0.2) is 0 Å². The Labute approximate surface area is 153 Å². The first-order valence-electron chi connectivity index (χ1n) is 9.06.